The zero-order valence-electron chi connectivity index (χ0n) is 17.2. The van der Waals surface area contributed by atoms with E-state index in [0.29, 0.717) is 30.9 Å². The van der Waals surface area contributed by atoms with Gasteiger partial charge in [0.25, 0.3) is 5.89 Å². The Morgan fingerprint density at radius 3 is 2.50 bits per heavy atom. The SMILES string of the molecule is C1=C(N(Cc2ccccc2)c2nnc(-c3ccccc3NCc3ccncc3)o2)OCO1. The molecule has 0 spiro atoms. The van der Waals surface area contributed by atoms with Gasteiger partial charge < -0.3 is 19.2 Å². The van der Waals surface area contributed by atoms with E-state index in [1.54, 1.807) is 23.6 Å². The van der Waals surface area contributed by atoms with Crippen molar-refractivity contribution in [2.45, 2.75) is 13.1 Å². The number of anilines is 2. The molecule has 0 bridgehead atoms. The molecule has 0 amide bonds. The number of hydrogen-bond donors (Lipinski definition) is 1. The molecule has 0 aliphatic carbocycles. The lowest BCUT2D eigenvalue weighted by Crippen LogP contribution is -2.22. The summed E-state index contributed by atoms with van der Waals surface area (Å²) in [5.74, 6) is 0.934. The fraction of sp³-hybridized carbons (Fsp3) is 0.125. The summed E-state index contributed by atoms with van der Waals surface area (Å²) in [5.41, 5.74) is 3.91. The number of benzene rings is 2. The van der Waals surface area contributed by atoms with E-state index in [-0.39, 0.29) is 6.79 Å². The highest BCUT2D eigenvalue weighted by molar-refractivity contribution is 5.72. The standard InChI is InChI=1S/C24H21N5O3/c1-2-6-19(7-3-1)15-29(22-16-30-17-31-22)24-28-27-23(32-24)20-8-4-5-9-21(20)26-14-18-10-12-25-13-11-18/h1-13,16,26H,14-15,17H2. The van der Waals surface area contributed by atoms with E-state index < -0.39 is 0 Å². The maximum atomic E-state index is 6.09. The molecule has 2 aromatic heterocycles. The highest BCUT2D eigenvalue weighted by atomic mass is 16.7. The van der Waals surface area contributed by atoms with Crippen molar-refractivity contribution in [1.82, 2.24) is 15.2 Å². The molecule has 0 fully saturated rings. The molecule has 0 saturated carbocycles. The molecule has 0 radical (unpaired) electrons. The number of rotatable bonds is 8. The number of ether oxygens (including phenoxy) is 2. The largest absolute Gasteiger partial charge is 0.459 e. The Kier molecular flexibility index (Phi) is 5.65. The second-order valence-corrected chi connectivity index (χ2v) is 7.10. The average molecular weight is 427 g/mol. The molecule has 0 unspecified atom stereocenters. The third kappa shape index (κ3) is 4.39. The van der Waals surface area contributed by atoms with Gasteiger partial charge in [-0.2, -0.15) is 0 Å². The van der Waals surface area contributed by atoms with Crippen molar-refractivity contribution in [3.63, 3.8) is 0 Å². The van der Waals surface area contributed by atoms with Gasteiger partial charge in [-0.15, -0.1) is 5.10 Å². The molecule has 2 aromatic carbocycles. The third-order valence-electron chi connectivity index (χ3n) is 4.94. The molecule has 1 aliphatic rings. The van der Waals surface area contributed by atoms with Crippen LogP contribution >= 0.6 is 0 Å². The predicted molar refractivity (Wildman–Crippen MR) is 119 cm³/mol. The fourth-order valence-corrected chi connectivity index (χ4v) is 3.34. The number of aromatic nitrogens is 3. The van der Waals surface area contributed by atoms with E-state index in [4.69, 9.17) is 13.9 Å². The van der Waals surface area contributed by atoms with Gasteiger partial charge in [-0.05, 0) is 35.4 Å². The van der Waals surface area contributed by atoms with Crippen LogP contribution in [0.1, 0.15) is 11.1 Å². The summed E-state index contributed by atoms with van der Waals surface area (Å²) in [4.78, 5) is 5.86. The number of para-hydroxylation sites is 1. The van der Waals surface area contributed by atoms with Gasteiger partial charge in [-0.3, -0.25) is 9.88 Å². The molecule has 32 heavy (non-hydrogen) atoms. The first-order valence-corrected chi connectivity index (χ1v) is 10.2. The Hall–Kier alpha value is -4.33. The van der Waals surface area contributed by atoms with Gasteiger partial charge in [0.2, 0.25) is 12.7 Å². The highest BCUT2D eigenvalue weighted by Gasteiger charge is 2.24. The van der Waals surface area contributed by atoms with E-state index in [1.807, 2.05) is 66.7 Å². The maximum absolute atomic E-state index is 6.09. The molecule has 4 aromatic rings. The van der Waals surface area contributed by atoms with Crippen LogP contribution in [-0.4, -0.2) is 22.0 Å². The van der Waals surface area contributed by atoms with Gasteiger partial charge >= 0.3 is 6.01 Å². The Morgan fingerprint density at radius 2 is 1.69 bits per heavy atom. The van der Waals surface area contributed by atoms with Crippen molar-refractivity contribution in [3.05, 3.63) is 102 Å². The van der Waals surface area contributed by atoms with Crippen LogP contribution in [0.2, 0.25) is 0 Å². The predicted octanol–water partition coefficient (Wildman–Crippen LogP) is 4.55. The summed E-state index contributed by atoms with van der Waals surface area (Å²) in [7, 11) is 0. The number of nitrogens with zero attached hydrogens (tertiary/aromatic N) is 4. The van der Waals surface area contributed by atoms with Crippen LogP contribution in [0, 0.1) is 0 Å². The fourth-order valence-electron chi connectivity index (χ4n) is 3.34. The number of nitrogens with one attached hydrogen (secondary N) is 1. The van der Waals surface area contributed by atoms with Crippen molar-refractivity contribution in [3.8, 4) is 11.5 Å². The summed E-state index contributed by atoms with van der Waals surface area (Å²) in [6.45, 7) is 1.31. The zero-order chi connectivity index (χ0) is 21.6. The van der Waals surface area contributed by atoms with E-state index in [0.717, 1.165) is 22.4 Å². The summed E-state index contributed by atoms with van der Waals surface area (Å²) in [6, 6.07) is 22.1. The minimum absolute atomic E-state index is 0.156. The molecule has 0 atom stereocenters. The average Bonchev–Trinajstić information content (AvgIpc) is 3.56. The lowest BCUT2D eigenvalue weighted by Gasteiger charge is -2.19. The zero-order valence-corrected chi connectivity index (χ0v) is 17.2. The minimum atomic E-state index is 0.156. The van der Waals surface area contributed by atoms with Crippen LogP contribution in [0.3, 0.4) is 0 Å². The molecule has 3 heterocycles. The lowest BCUT2D eigenvalue weighted by molar-refractivity contribution is 0.0776. The first kappa shape index (κ1) is 19.6. The van der Waals surface area contributed by atoms with Crippen molar-refractivity contribution in [1.29, 1.82) is 0 Å². The van der Waals surface area contributed by atoms with Crippen molar-refractivity contribution >= 4 is 11.7 Å². The highest BCUT2D eigenvalue weighted by Crippen LogP contribution is 2.31. The van der Waals surface area contributed by atoms with E-state index in [1.165, 1.54) is 0 Å². The van der Waals surface area contributed by atoms with E-state index >= 15 is 0 Å². The van der Waals surface area contributed by atoms with Crippen molar-refractivity contribution in [2.24, 2.45) is 0 Å². The Balaban J connectivity index is 1.41. The van der Waals surface area contributed by atoms with E-state index in [2.05, 4.69) is 20.5 Å². The topological polar surface area (TPSA) is 85.5 Å². The lowest BCUT2D eigenvalue weighted by atomic mass is 10.1. The molecular formula is C24H21N5O3. The Morgan fingerprint density at radius 1 is 0.875 bits per heavy atom. The van der Waals surface area contributed by atoms with Gasteiger partial charge in [0.05, 0.1) is 12.1 Å². The molecule has 5 rings (SSSR count). The monoisotopic (exact) mass is 427 g/mol. The molecule has 8 heteroatoms. The van der Waals surface area contributed by atoms with Crippen LogP contribution < -0.4 is 10.2 Å². The van der Waals surface area contributed by atoms with Crippen LogP contribution in [0.4, 0.5) is 11.7 Å². The smallest absolute Gasteiger partial charge is 0.325 e. The van der Waals surface area contributed by atoms with Crippen LogP contribution in [0.5, 0.6) is 0 Å². The van der Waals surface area contributed by atoms with E-state index in [9.17, 15) is 0 Å². The summed E-state index contributed by atoms with van der Waals surface area (Å²) >= 11 is 0. The second-order valence-electron chi connectivity index (χ2n) is 7.10. The molecule has 1 aliphatic heterocycles. The van der Waals surface area contributed by atoms with Gasteiger partial charge in [-0.1, -0.05) is 47.6 Å². The molecule has 1 N–H and O–H groups in total. The number of hydrogen-bond acceptors (Lipinski definition) is 8. The first-order chi connectivity index (χ1) is 15.9. The van der Waals surface area contributed by atoms with Gasteiger partial charge in [0, 0.05) is 24.6 Å². The van der Waals surface area contributed by atoms with Crippen LogP contribution in [0.15, 0.2) is 95.7 Å². The Bertz CT molecular complexity index is 1190. The quantitative estimate of drug-likeness (QED) is 0.438. The molecule has 0 saturated heterocycles. The molecule has 8 nitrogen and oxygen atoms in total. The Labute approximate surface area is 185 Å². The van der Waals surface area contributed by atoms with Gasteiger partial charge in [0.1, 0.15) is 6.26 Å². The normalized spacial score (nSPS) is 12.6. The second kappa shape index (κ2) is 9.22. The molecule has 160 valence electrons. The van der Waals surface area contributed by atoms with Crippen LogP contribution in [-0.2, 0) is 22.6 Å². The summed E-state index contributed by atoms with van der Waals surface area (Å²) in [6.07, 6.45) is 5.10. The third-order valence-corrected chi connectivity index (χ3v) is 4.94. The first-order valence-electron chi connectivity index (χ1n) is 10.2. The van der Waals surface area contributed by atoms with Gasteiger partial charge in [-0.25, -0.2) is 0 Å². The number of pyridine rings is 1. The summed E-state index contributed by atoms with van der Waals surface area (Å²) in [5, 5.41) is 12.0. The van der Waals surface area contributed by atoms with Gasteiger partial charge in [0.15, 0.2) is 0 Å². The maximum Gasteiger partial charge on any atom is 0.325 e. The summed E-state index contributed by atoms with van der Waals surface area (Å²) < 4.78 is 16.9. The molecular weight excluding hydrogens is 406 g/mol. The van der Waals surface area contributed by atoms with Crippen molar-refractivity contribution < 1.29 is 13.9 Å². The van der Waals surface area contributed by atoms with Crippen molar-refractivity contribution in [2.75, 3.05) is 17.0 Å². The minimum Gasteiger partial charge on any atom is -0.459 e. The van der Waals surface area contributed by atoms with Crippen LogP contribution in [0.25, 0.3) is 11.5 Å².